The largest absolute Gasteiger partial charge is 0.274 e. The van der Waals surface area contributed by atoms with Crippen LogP contribution in [0.3, 0.4) is 0 Å². The lowest BCUT2D eigenvalue weighted by atomic mass is 10.1. The zero-order chi connectivity index (χ0) is 16.0. The third-order valence-corrected chi connectivity index (χ3v) is 5.23. The average Bonchev–Trinajstić information content (AvgIpc) is 2.69. The molecule has 1 aliphatic carbocycles. The molecule has 2 rings (SSSR count). The number of nitrogens with one attached hydrogen (secondary N) is 1. The maximum absolute atomic E-state index is 12.3. The Kier molecular flexibility index (Phi) is 3.73. The number of carbonyl (C=O) groups excluding carboxylic acids is 1. The van der Waals surface area contributed by atoms with E-state index in [1.807, 2.05) is 33.8 Å². The first-order valence-electron chi connectivity index (χ1n) is 6.76. The van der Waals surface area contributed by atoms with E-state index in [0.717, 1.165) is 5.57 Å². The van der Waals surface area contributed by atoms with Crippen LogP contribution in [-0.4, -0.2) is 24.1 Å². The fourth-order valence-corrected chi connectivity index (χ4v) is 3.63. The van der Waals surface area contributed by atoms with Gasteiger partial charge < -0.3 is 0 Å². The van der Waals surface area contributed by atoms with Crippen LogP contribution in [0, 0.1) is 17.3 Å². The molecule has 1 heterocycles. The third kappa shape index (κ3) is 3.02. The molecule has 1 aromatic heterocycles. The maximum atomic E-state index is 12.3. The van der Waals surface area contributed by atoms with Gasteiger partial charge in [-0.05, 0) is 25.2 Å². The van der Waals surface area contributed by atoms with Crippen molar-refractivity contribution in [1.29, 1.82) is 0 Å². The highest BCUT2D eigenvalue weighted by Crippen LogP contribution is 2.59. The molecule has 1 N–H and O–H groups in total. The summed E-state index contributed by atoms with van der Waals surface area (Å²) in [5, 5.41) is 3.81. The number of amides is 1. The van der Waals surface area contributed by atoms with Gasteiger partial charge in [0.1, 0.15) is 4.90 Å². The predicted molar refractivity (Wildman–Crippen MR) is 78.7 cm³/mol. The van der Waals surface area contributed by atoms with Crippen molar-refractivity contribution in [3.8, 4) is 0 Å². The molecule has 1 aromatic rings. The van der Waals surface area contributed by atoms with Crippen LogP contribution >= 0.6 is 0 Å². The van der Waals surface area contributed by atoms with E-state index >= 15 is 0 Å². The highest BCUT2D eigenvalue weighted by molar-refractivity contribution is 7.90. The quantitative estimate of drug-likeness (QED) is 0.854. The van der Waals surface area contributed by atoms with Crippen LogP contribution in [0.4, 0.5) is 0 Å². The average molecular weight is 311 g/mol. The zero-order valence-corrected chi connectivity index (χ0v) is 13.7. The Hall–Kier alpha value is -1.63. The molecule has 7 heteroatoms. The van der Waals surface area contributed by atoms with Crippen molar-refractivity contribution in [1.82, 2.24) is 14.5 Å². The van der Waals surface area contributed by atoms with Crippen molar-refractivity contribution >= 4 is 15.9 Å². The van der Waals surface area contributed by atoms with Crippen molar-refractivity contribution in [2.24, 2.45) is 24.3 Å². The first kappa shape index (κ1) is 15.8. The summed E-state index contributed by atoms with van der Waals surface area (Å²) in [6.45, 7) is 7.88. The molecule has 0 aliphatic heterocycles. The van der Waals surface area contributed by atoms with Crippen LogP contribution in [0.2, 0.25) is 0 Å². The van der Waals surface area contributed by atoms with Crippen LogP contribution in [-0.2, 0) is 21.9 Å². The van der Waals surface area contributed by atoms with E-state index in [1.165, 1.54) is 17.1 Å². The van der Waals surface area contributed by atoms with E-state index in [-0.39, 0.29) is 22.1 Å². The standard InChI is InChI=1S/C14H21N3O3S/c1-9(2)6-11-12(14(11,3)4)13(18)16-21(19,20)10-7-15-17(5)8-10/h6-8,11-12H,1-5H3,(H,16,18). The van der Waals surface area contributed by atoms with Gasteiger partial charge in [0.15, 0.2) is 0 Å². The highest BCUT2D eigenvalue weighted by Gasteiger charge is 2.60. The lowest BCUT2D eigenvalue weighted by Crippen LogP contribution is -2.32. The van der Waals surface area contributed by atoms with Crippen molar-refractivity contribution in [2.75, 3.05) is 0 Å². The fraction of sp³-hybridized carbons (Fsp3) is 0.571. The molecule has 1 fully saturated rings. The summed E-state index contributed by atoms with van der Waals surface area (Å²) in [6, 6.07) is 0. The first-order valence-corrected chi connectivity index (χ1v) is 8.24. The van der Waals surface area contributed by atoms with Crippen molar-refractivity contribution in [2.45, 2.75) is 32.6 Å². The van der Waals surface area contributed by atoms with Crippen molar-refractivity contribution < 1.29 is 13.2 Å². The summed E-state index contributed by atoms with van der Waals surface area (Å²) in [4.78, 5) is 12.3. The van der Waals surface area contributed by atoms with Crippen molar-refractivity contribution in [3.05, 3.63) is 24.0 Å². The minimum Gasteiger partial charge on any atom is -0.274 e. The Labute approximate surface area is 125 Å². The number of allylic oxidation sites excluding steroid dienone is 2. The molecule has 6 nitrogen and oxygen atoms in total. The molecular formula is C14H21N3O3S. The summed E-state index contributed by atoms with van der Waals surface area (Å²) < 4.78 is 27.8. The number of aryl methyl sites for hydroxylation is 1. The summed E-state index contributed by atoms with van der Waals surface area (Å²) in [6.07, 6.45) is 4.61. The van der Waals surface area contributed by atoms with E-state index in [9.17, 15) is 13.2 Å². The second-order valence-corrected chi connectivity index (χ2v) is 8.07. The number of hydrogen-bond acceptors (Lipinski definition) is 4. The Bertz CT molecular complexity index is 697. The number of nitrogens with zero attached hydrogens (tertiary/aromatic N) is 2. The monoisotopic (exact) mass is 311 g/mol. The minimum absolute atomic E-state index is 0.00410. The van der Waals surface area contributed by atoms with Gasteiger partial charge in [-0.1, -0.05) is 25.5 Å². The van der Waals surface area contributed by atoms with Gasteiger partial charge in [0, 0.05) is 13.2 Å². The number of carbonyl (C=O) groups is 1. The normalized spacial score (nSPS) is 23.5. The van der Waals surface area contributed by atoms with Gasteiger partial charge in [0.05, 0.1) is 12.1 Å². The number of aromatic nitrogens is 2. The van der Waals surface area contributed by atoms with Gasteiger partial charge >= 0.3 is 0 Å². The molecule has 1 aliphatic rings. The molecule has 0 saturated heterocycles. The number of hydrogen-bond donors (Lipinski definition) is 1. The van der Waals surface area contributed by atoms with E-state index in [1.54, 1.807) is 7.05 Å². The summed E-state index contributed by atoms with van der Waals surface area (Å²) in [7, 11) is -2.23. The third-order valence-electron chi connectivity index (χ3n) is 3.93. The molecule has 1 saturated carbocycles. The molecule has 116 valence electrons. The number of sulfonamides is 1. The SMILES string of the molecule is CC(C)=CC1C(C(=O)NS(=O)(=O)c2cnn(C)c2)C1(C)C. The lowest BCUT2D eigenvalue weighted by Gasteiger charge is -2.05. The van der Waals surface area contributed by atoms with E-state index in [2.05, 4.69) is 9.82 Å². The molecule has 2 unspecified atom stereocenters. The Morgan fingerprint density at radius 1 is 1.43 bits per heavy atom. The summed E-state index contributed by atoms with van der Waals surface area (Å²) in [5.74, 6) is -0.697. The van der Waals surface area contributed by atoms with Crippen LogP contribution in [0.1, 0.15) is 27.7 Å². The van der Waals surface area contributed by atoms with Gasteiger partial charge in [-0.3, -0.25) is 9.48 Å². The highest BCUT2D eigenvalue weighted by atomic mass is 32.2. The second kappa shape index (κ2) is 4.98. The zero-order valence-electron chi connectivity index (χ0n) is 12.9. The maximum Gasteiger partial charge on any atom is 0.267 e. The van der Waals surface area contributed by atoms with Gasteiger partial charge in [0.2, 0.25) is 5.91 Å². The van der Waals surface area contributed by atoms with E-state index < -0.39 is 15.9 Å². The fourth-order valence-electron chi connectivity index (χ4n) is 2.64. The molecule has 1 amide bonds. The molecule has 0 radical (unpaired) electrons. The Morgan fingerprint density at radius 3 is 2.52 bits per heavy atom. The van der Waals surface area contributed by atoms with Crippen LogP contribution in [0.25, 0.3) is 0 Å². The summed E-state index contributed by atoms with van der Waals surface area (Å²) >= 11 is 0. The second-order valence-electron chi connectivity index (χ2n) is 6.39. The van der Waals surface area contributed by atoms with Crippen LogP contribution in [0.15, 0.2) is 28.9 Å². The van der Waals surface area contributed by atoms with Crippen LogP contribution < -0.4 is 4.72 Å². The molecule has 0 bridgehead atoms. The summed E-state index contributed by atoms with van der Waals surface area (Å²) in [5.41, 5.74) is 0.907. The van der Waals surface area contributed by atoms with Gasteiger partial charge in [-0.25, -0.2) is 13.1 Å². The lowest BCUT2D eigenvalue weighted by molar-refractivity contribution is -0.121. The van der Waals surface area contributed by atoms with Gasteiger partial charge in [-0.2, -0.15) is 5.10 Å². The molecule has 2 atom stereocenters. The smallest absolute Gasteiger partial charge is 0.267 e. The minimum atomic E-state index is -3.85. The Morgan fingerprint density at radius 2 is 2.05 bits per heavy atom. The molecule has 21 heavy (non-hydrogen) atoms. The predicted octanol–water partition coefficient (Wildman–Crippen LogP) is 1.46. The molecule has 0 spiro atoms. The van der Waals surface area contributed by atoms with Gasteiger partial charge in [0.25, 0.3) is 10.0 Å². The number of rotatable bonds is 4. The topological polar surface area (TPSA) is 81.1 Å². The first-order chi connectivity index (χ1) is 9.55. The van der Waals surface area contributed by atoms with Gasteiger partial charge in [-0.15, -0.1) is 0 Å². The van der Waals surface area contributed by atoms with Crippen molar-refractivity contribution in [3.63, 3.8) is 0 Å². The Balaban J connectivity index is 2.14. The van der Waals surface area contributed by atoms with E-state index in [0.29, 0.717) is 0 Å². The van der Waals surface area contributed by atoms with E-state index in [4.69, 9.17) is 0 Å². The molecular weight excluding hydrogens is 290 g/mol. The van der Waals surface area contributed by atoms with Crippen LogP contribution in [0.5, 0.6) is 0 Å². The molecule has 0 aromatic carbocycles.